The number of rotatable bonds is 5. The fraction of sp³-hybridized carbons (Fsp3) is 0.500. The zero-order valence-electron chi connectivity index (χ0n) is 14.8. The van der Waals surface area contributed by atoms with Gasteiger partial charge in [-0.1, -0.05) is 17.7 Å². The second-order valence-corrected chi connectivity index (χ2v) is 6.27. The predicted molar refractivity (Wildman–Crippen MR) is 91.1 cm³/mol. The molecule has 0 saturated carbocycles. The van der Waals surface area contributed by atoms with Crippen LogP contribution >= 0.6 is 0 Å². The van der Waals surface area contributed by atoms with Crippen molar-refractivity contribution in [2.24, 2.45) is 0 Å². The Morgan fingerprint density at radius 3 is 2.56 bits per heavy atom. The molecule has 0 spiro atoms. The molecule has 1 aliphatic heterocycles. The molecule has 0 bridgehead atoms. The van der Waals surface area contributed by atoms with Gasteiger partial charge >= 0.3 is 5.97 Å². The average Bonchev–Trinajstić information content (AvgIpc) is 2.56. The average molecular weight is 348 g/mol. The van der Waals surface area contributed by atoms with E-state index in [1.54, 1.807) is 23.1 Å². The molecule has 1 saturated heterocycles. The molecule has 1 N–H and O–H groups in total. The van der Waals surface area contributed by atoms with Crippen LogP contribution in [0.15, 0.2) is 24.3 Å². The highest BCUT2D eigenvalue weighted by Gasteiger charge is 2.26. The first-order valence-electron chi connectivity index (χ1n) is 8.29. The Hall–Kier alpha value is -2.41. The Balaban J connectivity index is 1.73. The first-order chi connectivity index (χ1) is 11.8. The number of hydrogen-bond acceptors (Lipinski definition) is 5. The number of aryl methyl sites for hydroxylation is 1. The maximum Gasteiger partial charge on any atom is 0.325 e. The van der Waals surface area contributed by atoms with Crippen LogP contribution in [0.3, 0.4) is 0 Å². The molecule has 2 amide bonds. The van der Waals surface area contributed by atoms with Gasteiger partial charge < -0.3 is 19.7 Å². The summed E-state index contributed by atoms with van der Waals surface area (Å²) in [6, 6.07) is 7.04. The zero-order chi connectivity index (χ0) is 18.4. The fourth-order valence-corrected chi connectivity index (χ4v) is 2.71. The smallest absolute Gasteiger partial charge is 0.325 e. The van der Waals surface area contributed by atoms with E-state index in [2.05, 4.69) is 5.32 Å². The van der Waals surface area contributed by atoms with Crippen molar-refractivity contribution in [1.29, 1.82) is 0 Å². The molecule has 1 heterocycles. The lowest BCUT2D eigenvalue weighted by Crippen LogP contribution is -2.49. The van der Waals surface area contributed by atoms with Gasteiger partial charge in [-0.05, 0) is 32.9 Å². The largest absolute Gasteiger partial charge is 0.454 e. The number of carbonyl (C=O) groups is 3. The normalized spacial score (nSPS) is 20.0. The molecule has 0 unspecified atom stereocenters. The topological polar surface area (TPSA) is 84.9 Å². The standard InChI is InChI=1S/C18H24N2O5/c1-12-5-4-6-15(7-12)18(23)19-8-17(22)24-11-16(21)20-9-13(2)25-14(3)10-20/h4-7,13-14H,8-11H2,1-3H3,(H,19,23)/t13-,14-/m0/s1. The maximum absolute atomic E-state index is 12.1. The first kappa shape index (κ1) is 18.9. The van der Waals surface area contributed by atoms with Gasteiger partial charge in [-0.3, -0.25) is 14.4 Å². The molecule has 25 heavy (non-hydrogen) atoms. The Bertz CT molecular complexity index is 636. The molecule has 7 heteroatoms. The van der Waals surface area contributed by atoms with E-state index in [0.717, 1.165) is 5.56 Å². The number of carbonyl (C=O) groups excluding carboxylic acids is 3. The fourth-order valence-electron chi connectivity index (χ4n) is 2.71. The van der Waals surface area contributed by atoms with E-state index in [1.165, 1.54) is 0 Å². The van der Waals surface area contributed by atoms with E-state index in [0.29, 0.717) is 18.7 Å². The van der Waals surface area contributed by atoms with Gasteiger partial charge in [0.25, 0.3) is 11.8 Å². The van der Waals surface area contributed by atoms with Gasteiger partial charge in [0.15, 0.2) is 6.61 Å². The van der Waals surface area contributed by atoms with Gasteiger partial charge in [-0.25, -0.2) is 0 Å². The number of morpholine rings is 1. The Labute approximate surface area is 147 Å². The van der Waals surface area contributed by atoms with Crippen molar-refractivity contribution < 1.29 is 23.9 Å². The molecule has 1 aromatic carbocycles. The second kappa shape index (κ2) is 8.62. The quantitative estimate of drug-likeness (QED) is 0.800. The molecule has 0 aromatic heterocycles. The summed E-state index contributed by atoms with van der Waals surface area (Å²) in [6.45, 7) is 6.00. The van der Waals surface area contributed by atoms with Crippen LogP contribution in [0.5, 0.6) is 0 Å². The second-order valence-electron chi connectivity index (χ2n) is 6.27. The molecule has 7 nitrogen and oxygen atoms in total. The summed E-state index contributed by atoms with van der Waals surface area (Å²) in [6.07, 6.45) is -0.0889. The summed E-state index contributed by atoms with van der Waals surface area (Å²) >= 11 is 0. The lowest BCUT2D eigenvalue weighted by molar-refractivity contribution is -0.156. The van der Waals surface area contributed by atoms with Crippen molar-refractivity contribution in [1.82, 2.24) is 10.2 Å². The van der Waals surface area contributed by atoms with E-state index in [9.17, 15) is 14.4 Å². The van der Waals surface area contributed by atoms with Gasteiger partial charge in [-0.15, -0.1) is 0 Å². The third-order valence-corrected chi connectivity index (χ3v) is 3.80. The molecule has 0 radical (unpaired) electrons. The molecule has 2 atom stereocenters. The van der Waals surface area contributed by atoms with Gasteiger partial charge in [0.2, 0.25) is 0 Å². The molecule has 136 valence electrons. The van der Waals surface area contributed by atoms with Crippen molar-refractivity contribution in [3.8, 4) is 0 Å². The zero-order valence-corrected chi connectivity index (χ0v) is 14.8. The molecule has 1 aliphatic rings. The Morgan fingerprint density at radius 1 is 1.24 bits per heavy atom. The lowest BCUT2D eigenvalue weighted by Gasteiger charge is -2.35. The maximum atomic E-state index is 12.1. The number of amides is 2. The SMILES string of the molecule is Cc1cccc(C(=O)NCC(=O)OCC(=O)N2C[C@H](C)O[C@@H](C)C2)c1. The first-order valence-corrected chi connectivity index (χ1v) is 8.29. The van der Waals surface area contributed by atoms with E-state index in [4.69, 9.17) is 9.47 Å². The Kier molecular flexibility index (Phi) is 6.52. The van der Waals surface area contributed by atoms with E-state index in [1.807, 2.05) is 26.8 Å². The van der Waals surface area contributed by atoms with E-state index >= 15 is 0 Å². The Morgan fingerprint density at radius 2 is 1.92 bits per heavy atom. The lowest BCUT2D eigenvalue weighted by atomic mass is 10.1. The molecule has 2 rings (SSSR count). The molecule has 0 aliphatic carbocycles. The van der Waals surface area contributed by atoms with E-state index in [-0.39, 0.29) is 37.2 Å². The van der Waals surface area contributed by atoms with Crippen LogP contribution in [0.25, 0.3) is 0 Å². The third-order valence-electron chi connectivity index (χ3n) is 3.80. The number of benzene rings is 1. The van der Waals surface area contributed by atoms with Crippen LogP contribution in [0.2, 0.25) is 0 Å². The summed E-state index contributed by atoms with van der Waals surface area (Å²) in [4.78, 5) is 37.4. The van der Waals surface area contributed by atoms with Crippen LogP contribution in [0.4, 0.5) is 0 Å². The van der Waals surface area contributed by atoms with Gasteiger partial charge in [0.1, 0.15) is 6.54 Å². The summed E-state index contributed by atoms with van der Waals surface area (Å²) in [5.41, 5.74) is 1.43. The van der Waals surface area contributed by atoms with Crippen LogP contribution in [-0.2, 0) is 19.1 Å². The van der Waals surface area contributed by atoms with Crippen molar-refractivity contribution >= 4 is 17.8 Å². The van der Waals surface area contributed by atoms with Gasteiger partial charge in [0, 0.05) is 18.7 Å². The number of nitrogens with one attached hydrogen (secondary N) is 1. The van der Waals surface area contributed by atoms with Crippen molar-refractivity contribution in [3.63, 3.8) is 0 Å². The predicted octanol–water partition coefficient (Wildman–Crippen LogP) is 0.904. The number of esters is 1. The monoisotopic (exact) mass is 348 g/mol. The van der Waals surface area contributed by atoms with E-state index < -0.39 is 5.97 Å². The van der Waals surface area contributed by atoms with Gasteiger partial charge in [-0.2, -0.15) is 0 Å². The summed E-state index contributed by atoms with van der Waals surface area (Å²) in [5, 5.41) is 2.48. The third kappa shape index (κ3) is 5.86. The molecule has 1 aromatic rings. The molecular formula is C18H24N2O5. The van der Waals surface area contributed by atoms with Crippen molar-refractivity contribution in [3.05, 3.63) is 35.4 Å². The van der Waals surface area contributed by atoms with Crippen molar-refractivity contribution in [2.45, 2.75) is 33.0 Å². The van der Waals surface area contributed by atoms with Gasteiger partial charge in [0.05, 0.1) is 12.2 Å². The van der Waals surface area contributed by atoms with Crippen LogP contribution in [0, 0.1) is 6.92 Å². The van der Waals surface area contributed by atoms with Crippen molar-refractivity contribution in [2.75, 3.05) is 26.2 Å². The van der Waals surface area contributed by atoms with Crippen LogP contribution in [-0.4, -0.2) is 61.1 Å². The number of nitrogens with zero attached hydrogens (tertiary/aromatic N) is 1. The molecule has 1 fully saturated rings. The summed E-state index contributed by atoms with van der Waals surface area (Å²) in [7, 11) is 0. The minimum Gasteiger partial charge on any atom is -0.454 e. The highest BCUT2D eigenvalue weighted by Crippen LogP contribution is 2.10. The minimum atomic E-state index is -0.649. The highest BCUT2D eigenvalue weighted by atomic mass is 16.5. The molecular weight excluding hydrogens is 324 g/mol. The summed E-state index contributed by atoms with van der Waals surface area (Å²) < 4.78 is 10.5. The minimum absolute atomic E-state index is 0.0444. The number of hydrogen-bond donors (Lipinski definition) is 1. The number of ether oxygens (including phenoxy) is 2. The van der Waals surface area contributed by atoms with Crippen LogP contribution < -0.4 is 5.32 Å². The summed E-state index contributed by atoms with van der Waals surface area (Å²) in [5.74, 6) is -1.27. The van der Waals surface area contributed by atoms with Crippen LogP contribution in [0.1, 0.15) is 29.8 Å². The highest BCUT2D eigenvalue weighted by molar-refractivity contribution is 5.96.